The van der Waals surface area contributed by atoms with Crippen molar-refractivity contribution < 1.29 is 9.53 Å². The number of benzene rings is 2. The summed E-state index contributed by atoms with van der Waals surface area (Å²) in [6.45, 7) is 1.85. The van der Waals surface area contributed by atoms with Crippen LogP contribution in [0, 0.1) is 11.3 Å². The molecule has 0 fully saturated rings. The van der Waals surface area contributed by atoms with E-state index in [9.17, 15) is 4.79 Å². The van der Waals surface area contributed by atoms with E-state index in [1.165, 1.54) is 0 Å². The highest BCUT2D eigenvalue weighted by atomic mass is 79.9. The Morgan fingerprint density at radius 3 is 2.45 bits per heavy atom. The first-order chi connectivity index (χ1) is 10.6. The molecule has 22 heavy (non-hydrogen) atoms. The van der Waals surface area contributed by atoms with Crippen molar-refractivity contribution in [2.45, 2.75) is 13.0 Å². The fraction of sp³-hybridized carbons (Fsp3) is 0.176. The number of hydrogen-bond acceptors (Lipinski definition) is 3. The van der Waals surface area contributed by atoms with Crippen molar-refractivity contribution in [2.24, 2.45) is 0 Å². The molecule has 1 N–H and O–H groups in total. The number of carbonyl (C=O) groups is 1. The van der Waals surface area contributed by atoms with Crippen LogP contribution in [-0.2, 0) is 4.79 Å². The number of halogens is 1. The summed E-state index contributed by atoms with van der Waals surface area (Å²) in [5, 5.41) is 11.6. The van der Waals surface area contributed by atoms with E-state index >= 15 is 0 Å². The second-order valence-corrected chi connectivity index (χ2v) is 5.68. The van der Waals surface area contributed by atoms with Crippen molar-refractivity contribution in [1.82, 2.24) is 5.32 Å². The first-order valence-corrected chi connectivity index (χ1v) is 7.55. The zero-order valence-corrected chi connectivity index (χ0v) is 13.6. The largest absolute Gasteiger partial charge is 0.484 e. The zero-order chi connectivity index (χ0) is 15.9. The fourth-order valence-electron chi connectivity index (χ4n) is 1.89. The molecule has 0 bridgehead atoms. The molecule has 1 amide bonds. The Kier molecular flexibility index (Phi) is 5.56. The molecule has 0 saturated heterocycles. The van der Waals surface area contributed by atoms with E-state index in [4.69, 9.17) is 10.00 Å². The first-order valence-electron chi connectivity index (χ1n) is 6.76. The van der Waals surface area contributed by atoms with Crippen LogP contribution in [-0.4, -0.2) is 12.5 Å². The Balaban J connectivity index is 1.85. The highest BCUT2D eigenvalue weighted by Gasteiger charge is 2.10. The average molecular weight is 359 g/mol. The minimum absolute atomic E-state index is 0.0394. The van der Waals surface area contributed by atoms with Gasteiger partial charge in [-0.05, 0) is 48.9 Å². The van der Waals surface area contributed by atoms with Crippen LogP contribution in [0.3, 0.4) is 0 Å². The Morgan fingerprint density at radius 1 is 1.23 bits per heavy atom. The summed E-state index contributed by atoms with van der Waals surface area (Å²) in [7, 11) is 0. The van der Waals surface area contributed by atoms with Crippen LogP contribution < -0.4 is 10.1 Å². The van der Waals surface area contributed by atoms with E-state index in [0.717, 1.165) is 10.0 Å². The van der Waals surface area contributed by atoms with Gasteiger partial charge in [0.1, 0.15) is 5.75 Å². The first kappa shape index (κ1) is 16.1. The van der Waals surface area contributed by atoms with Gasteiger partial charge >= 0.3 is 0 Å². The van der Waals surface area contributed by atoms with E-state index in [1.54, 1.807) is 24.3 Å². The second-order valence-electron chi connectivity index (χ2n) is 4.77. The normalized spacial score (nSPS) is 11.3. The topological polar surface area (TPSA) is 62.1 Å². The summed E-state index contributed by atoms with van der Waals surface area (Å²) < 4.78 is 6.38. The summed E-state index contributed by atoms with van der Waals surface area (Å²) in [5.74, 6) is 0.448. The van der Waals surface area contributed by atoms with Crippen LogP contribution in [0.2, 0.25) is 0 Å². The summed E-state index contributed by atoms with van der Waals surface area (Å²) in [4.78, 5) is 11.9. The SMILES string of the molecule is CC(NC(=O)COc1ccc(Br)cc1)c1ccc(C#N)cc1. The lowest BCUT2D eigenvalue weighted by Gasteiger charge is -2.14. The summed E-state index contributed by atoms with van der Waals surface area (Å²) >= 11 is 3.34. The lowest BCUT2D eigenvalue weighted by Crippen LogP contribution is -2.31. The van der Waals surface area contributed by atoms with Crippen molar-refractivity contribution >= 4 is 21.8 Å². The van der Waals surface area contributed by atoms with Crippen molar-refractivity contribution in [3.8, 4) is 11.8 Å². The molecule has 0 heterocycles. The van der Waals surface area contributed by atoms with Crippen LogP contribution in [0.4, 0.5) is 0 Å². The number of nitriles is 1. The summed E-state index contributed by atoms with van der Waals surface area (Å²) in [5.41, 5.74) is 1.54. The lowest BCUT2D eigenvalue weighted by molar-refractivity contribution is -0.123. The van der Waals surface area contributed by atoms with Crippen molar-refractivity contribution in [3.05, 3.63) is 64.1 Å². The Hall–Kier alpha value is -2.32. The van der Waals surface area contributed by atoms with Crippen molar-refractivity contribution in [2.75, 3.05) is 6.61 Å². The van der Waals surface area contributed by atoms with Gasteiger partial charge in [-0.25, -0.2) is 0 Å². The van der Waals surface area contributed by atoms with Gasteiger partial charge in [0.05, 0.1) is 17.7 Å². The van der Waals surface area contributed by atoms with E-state index in [-0.39, 0.29) is 18.6 Å². The molecule has 0 aliphatic heterocycles. The predicted molar refractivity (Wildman–Crippen MR) is 87.4 cm³/mol. The van der Waals surface area contributed by atoms with E-state index < -0.39 is 0 Å². The molecule has 2 aromatic rings. The van der Waals surface area contributed by atoms with Crippen LogP contribution >= 0.6 is 15.9 Å². The van der Waals surface area contributed by atoms with Crippen molar-refractivity contribution in [3.63, 3.8) is 0 Å². The molecule has 2 rings (SSSR count). The van der Waals surface area contributed by atoms with Crippen LogP contribution in [0.5, 0.6) is 5.75 Å². The zero-order valence-electron chi connectivity index (χ0n) is 12.0. The van der Waals surface area contributed by atoms with Gasteiger partial charge in [-0.2, -0.15) is 5.26 Å². The molecule has 1 atom stereocenters. The molecule has 2 aromatic carbocycles. The minimum Gasteiger partial charge on any atom is -0.484 e. The van der Waals surface area contributed by atoms with E-state index in [0.29, 0.717) is 11.3 Å². The maximum atomic E-state index is 11.9. The molecule has 0 aliphatic carbocycles. The highest BCUT2D eigenvalue weighted by Crippen LogP contribution is 2.16. The molecular formula is C17H15BrN2O2. The number of amides is 1. The van der Waals surface area contributed by atoms with Gasteiger partial charge in [0, 0.05) is 4.47 Å². The van der Waals surface area contributed by atoms with Crippen LogP contribution in [0.25, 0.3) is 0 Å². The van der Waals surface area contributed by atoms with Gasteiger partial charge in [0.15, 0.2) is 6.61 Å². The quantitative estimate of drug-likeness (QED) is 0.888. The predicted octanol–water partition coefficient (Wildman–Crippen LogP) is 3.58. The summed E-state index contributed by atoms with van der Waals surface area (Å²) in [6.07, 6.45) is 0. The highest BCUT2D eigenvalue weighted by molar-refractivity contribution is 9.10. The van der Waals surface area contributed by atoms with Crippen molar-refractivity contribution in [1.29, 1.82) is 5.26 Å². The number of carbonyl (C=O) groups excluding carboxylic acids is 1. The summed E-state index contributed by atoms with van der Waals surface area (Å²) in [6, 6.07) is 16.3. The van der Waals surface area contributed by atoms with Crippen LogP contribution in [0.15, 0.2) is 53.0 Å². The van der Waals surface area contributed by atoms with E-state index in [1.807, 2.05) is 31.2 Å². The van der Waals surface area contributed by atoms with Gasteiger partial charge in [0.2, 0.25) is 0 Å². The maximum absolute atomic E-state index is 11.9. The molecule has 0 radical (unpaired) electrons. The molecule has 0 aromatic heterocycles. The molecule has 5 heteroatoms. The number of nitrogens with zero attached hydrogens (tertiary/aromatic N) is 1. The fourth-order valence-corrected chi connectivity index (χ4v) is 2.16. The van der Waals surface area contributed by atoms with E-state index in [2.05, 4.69) is 27.3 Å². The Bertz CT molecular complexity index is 675. The van der Waals surface area contributed by atoms with Gasteiger partial charge in [0.25, 0.3) is 5.91 Å². The third-order valence-electron chi connectivity index (χ3n) is 3.10. The average Bonchev–Trinajstić information content (AvgIpc) is 2.54. The number of hydrogen-bond donors (Lipinski definition) is 1. The van der Waals surface area contributed by atoms with Crippen LogP contribution in [0.1, 0.15) is 24.1 Å². The molecule has 1 unspecified atom stereocenters. The second kappa shape index (κ2) is 7.62. The van der Waals surface area contributed by atoms with Gasteiger partial charge < -0.3 is 10.1 Å². The smallest absolute Gasteiger partial charge is 0.258 e. The number of rotatable bonds is 5. The Labute approximate surface area is 137 Å². The molecule has 4 nitrogen and oxygen atoms in total. The van der Waals surface area contributed by atoms with Gasteiger partial charge in [-0.1, -0.05) is 28.1 Å². The number of ether oxygens (including phenoxy) is 1. The monoisotopic (exact) mass is 358 g/mol. The standard InChI is InChI=1S/C17H15BrN2O2/c1-12(14-4-2-13(10-19)3-5-14)20-17(21)11-22-16-8-6-15(18)7-9-16/h2-9,12H,11H2,1H3,(H,20,21). The number of nitrogens with one attached hydrogen (secondary N) is 1. The molecule has 0 saturated carbocycles. The molecule has 112 valence electrons. The maximum Gasteiger partial charge on any atom is 0.258 e. The third kappa shape index (κ3) is 4.61. The van der Waals surface area contributed by atoms with Gasteiger partial charge in [-0.15, -0.1) is 0 Å². The minimum atomic E-state index is -0.195. The third-order valence-corrected chi connectivity index (χ3v) is 3.63. The lowest BCUT2D eigenvalue weighted by atomic mass is 10.1. The molecule has 0 aliphatic rings. The Morgan fingerprint density at radius 2 is 1.86 bits per heavy atom. The van der Waals surface area contributed by atoms with Gasteiger partial charge in [-0.3, -0.25) is 4.79 Å². The molecular weight excluding hydrogens is 344 g/mol. The molecule has 0 spiro atoms.